The second kappa shape index (κ2) is 11.4. The lowest BCUT2D eigenvalue weighted by Crippen LogP contribution is -2.31. The van der Waals surface area contributed by atoms with Gasteiger partial charge >= 0.3 is 5.97 Å². The summed E-state index contributed by atoms with van der Waals surface area (Å²) < 4.78 is 18.8. The number of carbonyl (C=O) groups is 1. The molecule has 1 N–H and O–H groups in total. The van der Waals surface area contributed by atoms with Gasteiger partial charge in [0.15, 0.2) is 0 Å². The van der Waals surface area contributed by atoms with E-state index in [2.05, 4.69) is 22.0 Å². The Morgan fingerprint density at radius 3 is 2.67 bits per heavy atom. The smallest absolute Gasteiger partial charge is 0.306 e. The van der Waals surface area contributed by atoms with Gasteiger partial charge in [-0.05, 0) is 64.3 Å². The second-order valence-corrected chi connectivity index (χ2v) is 8.31. The fourth-order valence-electron chi connectivity index (χ4n) is 3.07. The molecular formula is C24H32FN3O2. The molecule has 0 fully saturated rings. The highest BCUT2D eigenvalue weighted by Gasteiger charge is 2.17. The number of esters is 1. The van der Waals surface area contributed by atoms with Crippen molar-refractivity contribution in [2.75, 3.05) is 11.4 Å². The van der Waals surface area contributed by atoms with Crippen LogP contribution < -0.4 is 4.90 Å². The van der Waals surface area contributed by atoms with E-state index in [4.69, 9.17) is 10.1 Å². The standard InChI is InChI=1S/C24H32FN3O2/c1-24(2,3)30-23(29)10-5-4-9-22-27-16-15-19(18-26)8-6-7-17-28(22)21-13-11-20(25)12-14-21/h6-7,11-16,18-19,26H,4-5,8-10,17H2,1-3H3/b7-6+,16-15+,26-18?,27-22?. The van der Waals surface area contributed by atoms with Crippen LogP contribution in [0.3, 0.4) is 0 Å². The summed E-state index contributed by atoms with van der Waals surface area (Å²) in [6, 6.07) is 6.38. The van der Waals surface area contributed by atoms with Gasteiger partial charge < -0.3 is 15.0 Å². The number of nitrogens with one attached hydrogen (secondary N) is 1. The summed E-state index contributed by atoms with van der Waals surface area (Å²) in [5.74, 6) is 0.399. The molecule has 0 aromatic heterocycles. The minimum Gasteiger partial charge on any atom is -0.460 e. The number of carbonyl (C=O) groups excluding carboxylic acids is 1. The zero-order valence-corrected chi connectivity index (χ0v) is 18.1. The van der Waals surface area contributed by atoms with Gasteiger partial charge in [-0.15, -0.1) is 0 Å². The van der Waals surface area contributed by atoms with Gasteiger partial charge in [-0.1, -0.05) is 18.2 Å². The summed E-state index contributed by atoms with van der Waals surface area (Å²) in [6.07, 6.45) is 12.4. The molecule has 0 amide bonds. The predicted octanol–water partition coefficient (Wildman–Crippen LogP) is 5.67. The first-order valence-electron chi connectivity index (χ1n) is 10.4. The minimum atomic E-state index is -0.473. The van der Waals surface area contributed by atoms with Gasteiger partial charge in [0.25, 0.3) is 0 Å². The Balaban J connectivity index is 2.11. The maximum absolute atomic E-state index is 13.4. The number of nitrogens with zero attached hydrogens (tertiary/aromatic N) is 2. The summed E-state index contributed by atoms with van der Waals surface area (Å²) in [5.41, 5.74) is 0.392. The van der Waals surface area contributed by atoms with E-state index < -0.39 is 5.60 Å². The summed E-state index contributed by atoms with van der Waals surface area (Å²) in [5, 5.41) is 7.53. The third kappa shape index (κ3) is 8.31. The lowest BCUT2D eigenvalue weighted by atomic mass is 10.1. The number of anilines is 1. The summed E-state index contributed by atoms with van der Waals surface area (Å²) in [4.78, 5) is 18.6. The van der Waals surface area contributed by atoms with E-state index in [-0.39, 0.29) is 17.7 Å². The summed E-state index contributed by atoms with van der Waals surface area (Å²) in [6.45, 7) is 6.19. The van der Waals surface area contributed by atoms with Crippen molar-refractivity contribution in [3.8, 4) is 0 Å². The third-order valence-corrected chi connectivity index (χ3v) is 4.53. The molecule has 2 rings (SSSR count). The van der Waals surface area contributed by atoms with Gasteiger partial charge in [0.2, 0.25) is 0 Å². The molecule has 1 unspecified atom stereocenters. The molecule has 0 aliphatic carbocycles. The van der Waals surface area contributed by atoms with Crippen LogP contribution in [0.1, 0.15) is 52.9 Å². The van der Waals surface area contributed by atoms with Crippen molar-refractivity contribution in [2.24, 2.45) is 10.9 Å². The van der Waals surface area contributed by atoms with Crippen molar-refractivity contribution < 1.29 is 13.9 Å². The molecule has 1 heterocycles. The second-order valence-electron chi connectivity index (χ2n) is 8.31. The number of halogens is 1. The van der Waals surface area contributed by atoms with Crippen molar-refractivity contribution in [1.82, 2.24) is 0 Å². The fourth-order valence-corrected chi connectivity index (χ4v) is 3.07. The molecule has 162 valence electrons. The van der Waals surface area contributed by atoms with Crippen LogP contribution in [0.2, 0.25) is 0 Å². The van der Waals surface area contributed by atoms with Gasteiger partial charge in [-0.3, -0.25) is 4.79 Å². The highest BCUT2D eigenvalue weighted by molar-refractivity contribution is 5.98. The SMILES string of the molecule is CC(C)(C)OC(=O)CCCCC1=N/C=C/C(C=N)C/C=C/CN1c1ccc(F)cc1. The van der Waals surface area contributed by atoms with E-state index in [1.54, 1.807) is 18.3 Å². The van der Waals surface area contributed by atoms with Crippen LogP contribution in [0.5, 0.6) is 0 Å². The van der Waals surface area contributed by atoms with Crippen molar-refractivity contribution in [3.05, 3.63) is 54.5 Å². The van der Waals surface area contributed by atoms with Crippen LogP contribution in [-0.4, -0.2) is 30.2 Å². The van der Waals surface area contributed by atoms with Gasteiger partial charge in [-0.2, -0.15) is 0 Å². The van der Waals surface area contributed by atoms with E-state index in [0.717, 1.165) is 24.4 Å². The van der Waals surface area contributed by atoms with E-state index in [0.29, 0.717) is 25.8 Å². The number of benzene rings is 1. The Hall–Kier alpha value is -2.76. The van der Waals surface area contributed by atoms with Crippen molar-refractivity contribution in [2.45, 2.75) is 58.5 Å². The molecule has 0 saturated heterocycles. The first kappa shape index (κ1) is 23.5. The Morgan fingerprint density at radius 2 is 2.00 bits per heavy atom. The number of unbranched alkanes of at least 4 members (excludes halogenated alkanes) is 1. The maximum atomic E-state index is 13.4. The largest absolute Gasteiger partial charge is 0.460 e. The fraction of sp³-hybridized carbons (Fsp3) is 0.458. The monoisotopic (exact) mass is 413 g/mol. The van der Waals surface area contributed by atoms with Crippen LogP contribution in [0, 0.1) is 17.1 Å². The summed E-state index contributed by atoms with van der Waals surface area (Å²) >= 11 is 0. The number of aliphatic imine (C=N–C) groups is 1. The lowest BCUT2D eigenvalue weighted by molar-refractivity contribution is -0.154. The molecule has 30 heavy (non-hydrogen) atoms. The Morgan fingerprint density at radius 1 is 1.27 bits per heavy atom. The molecule has 1 atom stereocenters. The third-order valence-electron chi connectivity index (χ3n) is 4.53. The quantitative estimate of drug-likeness (QED) is 0.271. The molecule has 0 radical (unpaired) electrons. The zero-order chi connectivity index (χ0) is 22.0. The first-order valence-corrected chi connectivity index (χ1v) is 10.4. The lowest BCUT2D eigenvalue weighted by Gasteiger charge is -2.26. The molecule has 5 nitrogen and oxygen atoms in total. The normalized spacial score (nSPS) is 19.5. The highest BCUT2D eigenvalue weighted by Crippen LogP contribution is 2.20. The van der Waals surface area contributed by atoms with Crippen LogP contribution in [0.4, 0.5) is 10.1 Å². The minimum absolute atomic E-state index is 0.0239. The average Bonchev–Trinajstić information content (AvgIpc) is 2.68. The number of hydrogen-bond donors (Lipinski definition) is 1. The van der Waals surface area contributed by atoms with E-state index in [1.807, 2.05) is 26.8 Å². The van der Waals surface area contributed by atoms with Crippen LogP contribution in [0.15, 0.2) is 53.7 Å². The molecule has 0 saturated carbocycles. The number of rotatable bonds is 7. The summed E-state index contributed by atoms with van der Waals surface area (Å²) in [7, 11) is 0. The van der Waals surface area contributed by atoms with Crippen molar-refractivity contribution in [3.63, 3.8) is 0 Å². The number of allylic oxidation sites excluding steroid dienone is 2. The maximum Gasteiger partial charge on any atom is 0.306 e. The molecule has 1 aromatic carbocycles. The Bertz CT molecular complexity index is 792. The number of amidine groups is 1. The molecular weight excluding hydrogens is 381 g/mol. The van der Waals surface area contributed by atoms with Crippen LogP contribution >= 0.6 is 0 Å². The molecule has 0 spiro atoms. The molecule has 6 heteroatoms. The van der Waals surface area contributed by atoms with Gasteiger partial charge in [-0.25, -0.2) is 9.38 Å². The van der Waals surface area contributed by atoms with Gasteiger partial charge in [0.1, 0.15) is 17.3 Å². The number of hydrogen-bond acceptors (Lipinski definition) is 5. The number of ether oxygens (including phenoxy) is 1. The molecule has 1 aromatic rings. The highest BCUT2D eigenvalue weighted by atomic mass is 19.1. The van der Waals surface area contributed by atoms with Gasteiger partial charge in [0.05, 0.1) is 0 Å². The Kier molecular flexibility index (Phi) is 8.96. The van der Waals surface area contributed by atoms with Crippen molar-refractivity contribution >= 4 is 23.7 Å². The van der Waals surface area contributed by atoms with E-state index in [1.165, 1.54) is 18.3 Å². The van der Waals surface area contributed by atoms with Crippen LogP contribution in [-0.2, 0) is 9.53 Å². The molecule has 1 aliphatic rings. The molecule has 0 bridgehead atoms. The van der Waals surface area contributed by atoms with E-state index >= 15 is 0 Å². The average molecular weight is 414 g/mol. The Labute approximate surface area is 178 Å². The van der Waals surface area contributed by atoms with Crippen molar-refractivity contribution in [1.29, 1.82) is 5.41 Å². The topological polar surface area (TPSA) is 65.8 Å². The zero-order valence-electron chi connectivity index (χ0n) is 18.1. The van der Waals surface area contributed by atoms with Crippen LogP contribution in [0.25, 0.3) is 0 Å². The predicted molar refractivity (Wildman–Crippen MR) is 121 cm³/mol. The molecule has 1 aliphatic heterocycles. The van der Waals surface area contributed by atoms with Gasteiger partial charge in [0, 0.05) is 43.4 Å². The first-order chi connectivity index (χ1) is 14.3. The van der Waals surface area contributed by atoms with E-state index in [9.17, 15) is 9.18 Å².